The number of carbonyl (C=O) groups is 3. The zero-order chi connectivity index (χ0) is 38.7. The molecule has 3 amide bonds. The summed E-state index contributed by atoms with van der Waals surface area (Å²) in [6.07, 6.45) is -0.723. The highest BCUT2D eigenvalue weighted by atomic mass is 32.1. The van der Waals surface area contributed by atoms with Gasteiger partial charge < -0.3 is 36.0 Å². The first-order valence-electron chi connectivity index (χ1n) is 18.2. The summed E-state index contributed by atoms with van der Waals surface area (Å²) in [6, 6.07) is 14.7. The molecule has 2 saturated heterocycles. The Morgan fingerprint density at radius 1 is 1.04 bits per heavy atom. The first kappa shape index (κ1) is 38.6. The second-order valence-corrected chi connectivity index (χ2v) is 15.9. The van der Waals surface area contributed by atoms with Crippen molar-refractivity contribution >= 4 is 40.6 Å². The minimum Gasteiger partial charge on any atom is -0.507 e. The SMILES string of the molecule is Cc1ncsc1-c1ccc([C@H](C)NC(=O)[C@H]2C[C@H](O)CN2C(=O)[C@H](NCC(=O)N2CCN(c3cc(-c4ccccc4O)nnc3N)CC2)C(C)(C)C)cc1. The lowest BCUT2D eigenvalue weighted by Gasteiger charge is -2.38. The predicted octanol–water partition coefficient (Wildman–Crippen LogP) is 3.36. The number of nitrogens with two attached hydrogens (primary N) is 1. The largest absolute Gasteiger partial charge is 0.507 e. The number of benzene rings is 2. The monoisotopic (exact) mass is 755 g/mol. The molecule has 286 valence electrons. The first-order chi connectivity index (χ1) is 25.7. The lowest BCUT2D eigenvalue weighted by atomic mass is 9.85. The molecule has 54 heavy (non-hydrogen) atoms. The van der Waals surface area contributed by atoms with Gasteiger partial charge in [-0.15, -0.1) is 21.5 Å². The van der Waals surface area contributed by atoms with Gasteiger partial charge in [0.25, 0.3) is 0 Å². The molecule has 4 aromatic rings. The van der Waals surface area contributed by atoms with Crippen LogP contribution in [0.5, 0.6) is 5.75 Å². The predicted molar refractivity (Wildman–Crippen MR) is 209 cm³/mol. The molecule has 0 spiro atoms. The summed E-state index contributed by atoms with van der Waals surface area (Å²) < 4.78 is 0. The van der Waals surface area contributed by atoms with Crippen molar-refractivity contribution in [1.82, 2.24) is 35.6 Å². The minimum absolute atomic E-state index is 0.0248. The van der Waals surface area contributed by atoms with Crippen molar-refractivity contribution in [2.45, 2.75) is 65.3 Å². The minimum atomic E-state index is -0.856. The number of piperazine rings is 1. The quantitative estimate of drug-likeness (QED) is 0.160. The number of thiazole rings is 1. The Bertz CT molecular complexity index is 1970. The molecule has 15 heteroatoms. The molecule has 4 heterocycles. The molecule has 6 rings (SSSR count). The van der Waals surface area contributed by atoms with Gasteiger partial charge in [0.15, 0.2) is 5.82 Å². The Morgan fingerprint density at radius 2 is 1.74 bits per heavy atom. The molecular formula is C39H49N9O5S. The number of para-hydroxylation sites is 1. The molecule has 2 aromatic carbocycles. The average Bonchev–Trinajstić information content (AvgIpc) is 3.76. The number of amides is 3. The van der Waals surface area contributed by atoms with Crippen LogP contribution in [0.4, 0.5) is 11.5 Å². The molecule has 4 atom stereocenters. The van der Waals surface area contributed by atoms with E-state index in [1.807, 2.05) is 69.3 Å². The van der Waals surface area contributed by atoms with Crippen LogP contribution in [0.15, 0.2) is 60.1 Å². The number of likely N-dealkylation sites (tertiary alicyclic amines) is 1. The van der Waals surface area contributed by atoms with E-state index >= 15 is 0 Å². The Hall–Kier alpha value is -5.12. The number of aromatic hydroxyl groups is 1. The van der Waals surface area contributed by atoms with Gasteiger partial charge >= 0.3 is 0 Å². The van der Waals surface area contributed by atoms with Crippen molar-refractivity contribution in [2.24, 2.45) is 5.41 Å². The number of phenols is 1. The van der Waals surface area contributed by atoms with Crippen molar-refractivity contribution < 1.29 is 24.6 Å². The van der Waals surface area contributed by atoms with Crippen LogP contribution < -0.4 is 21.3 Å². The number of aliphatic hydroxyl groups excluding tert-OH is 1. The zero-order valence-corrected chi connectivity index (χ0v) is 32.1. The van der Waals surface area contributed by atoms with E-state index in [1.54, 1.807) is 46.6 Å². The Balaban J connectivity index is 1.05. The summed E-state index contributed by atoms with van der Waals surface area (Å²) >= 11 is 1.58. The maximum absolute atomic E-state index is 14.2. The third kappa shape index (κ3) is 8.48. The molecule has 0 saturated carbocycles. The average molecular weight is 756 g/mol. The van der Waals surface area contributed by atoms with E-state index in [4.69, 9.17) is 5.73 Å². The number of hydrogen-bond donors (Lipinski definition) is 5. The maximum Gasteiger partial charge on any atom is 0.243 e. The molecule has 2 fully saturated rings. The first-order valence-corrected chi connectivity index (χ1v) is 19.1. The number of carbonyl (C=O) groups excluding carboxylic acids is 3. The summed E-state index contributed by atoms with van der Waals surface area (Å²) in [7, 11) is 0. The number of nitrogens with one attached hydrogen (secondary N) is 2. The standard InChI is InChI=1S/C39H49N9O5S/c1-23(25-10-12-26(13-11-25)34-24(2)42-22-54-34)43-37(52)31-18-27(49)21-48(31)38(53)35(39(3,4)5)41-20-33(51)47-16-14-46(15-17-47)30-19-29(44-45-36(30)40)28-8-6-7-9-32(28)50/h6-13,19,22-23,27,31,35,41,49-50H,14-18,20-21H2,1-5H3,(H2,40,45)(H,43,52)/t23-,27-,31+,35-/m0/s1. The summed E-state index contributed by atoms with van der Waals surface area (Å²) in [6.45, 7) is 11.4. The maximum atomic E-state index is 14.2. The molecule has 0 bridgehead atoms. The molecular weight excluding hydrogens is 707 g/mol. The van der Waals surface area contributed by atoms with Crippen molar-refractivity contribution in [2.75, 3.05) is 49.9 Å². The number of aromatic nitrogens is 3. The molecule has 6 N–H and O–H groups in total. The number of aryl methyl sites for hydroxylation is 1. The van der Waals surface area contributed by atoms with Crippen LogP contribution in [0.2, 0.25) is 0 Å². The van der Waals surface area contributed by atoms with E-state index in [9.17, 15) is 24.6 Å². The summed E-state index contributed by atoms with van der Waals surface area (Å²) in [5.41, 5.74) is 12.1. The lowest BCUT2D eigenvalue weighted by Crippen LogP contribution is -2.58. The molecule has 0 radical (unpaired) electrons. The fourth-order valence-corrected chi connectivity index (χ4v) is 7.91. The lowest BCUT2D eigenvalue weighted by molar-refractivity contribution is -0.143. The number of anilines is 2. The number of aliphatic hydroxyl groups is 1. The summed E-state index contributed by atoms with van der Waals surface area (Å²) in [5.74, 6) is -0.489. The van der Waals surface area contributed by atoms with E-state index in [0.717, 1.165) is 21.7 Å². The number of β-amino-alcohol motifs (C(OH)–C–C–N with tert-alkyl or cyclic N) is 1. The van der Waals surface area contributed by atoms with Gasteiger partial charge in [0.05, 0.1) is 52.2 Å². The zero-order valence-electron chi connectivity index (χ0n) is 31.3. The van der Waals surface area contributed by atoms with Crippen LogP contribution in [-0.4, -0.2) is 110 Å². The van der Waals surface area contributed by atoms with Gasteiger partial charge in [0.1, 0.15) is 11.8 Å². The highest BCUT2D eigenvalue weighted by Gasteiger charge is 2.44. The van der Waals surface area contributed by atoms with Gasteiger partial charge in [-0.3, -0.25) is 19.7 Å². The highest BCUT2D eigenvalue weighted by molar-refractivity contribution is 7.13. The third-order valence-corrected chi connectivity index (χ3v) is 11.1. The fraction of sp³-hybridized carbons (Fsp3) is 0.436. The molecule has 0 unspecified atom stereocenters. The molecule has 2 aliphatic heterocycles. The molecule has 2 aliphatic rings. The van der Waals surface area contributed by atoms with E-state index in [2.05, 4.69) is 25.8 Å². The number of nitrogen functional groups attached to an aromatic ring is 1. The number of rotatable bonds is 10. The fourth-order valence-electron chi connectivity index (χ4n) is 7.10. The van der Waals surface area contributed by atoms with E-state index in [0.29, 0.717) is 43.1 Å². The van der Waals surface area contributed by atoms with Crippen LogP contribution in [0.1, 0.15) is 51.4 Å². The van der Waals surface area contributed by atoms with Gasteiger partial charge in [0, 0.05) is 44.7 Å². The summed E-state index contributed by atoms with van der Waals surface area (Å²) in [5, 5.41) is 35.5. The Morgan fingerprint density at radius 3 is 2.39 bits per heavy atom. The van der Waals surface area contributed by atoms with Gasteiger partial charge in [0.2, 0.25) is 17.7 Å². The van der Waals surface area contributed by atoms with Crippen molar-refractivity contribution in [3.63, 3.8) is 0 Å². The topological polar surface area (TPSA) is 190 Å². The van der Waals surface area contributed by atoms with Crippen molar-refractivity contribution in [3.05, 3.63) is 71.4 Å². The normalized spacial score (nSPS) is 18.7. The second-order valence-electron chi connectivity index (χ2n) is 15.1. The van der Waals surface area contributed by atoms with Crippen LogP contribution in [-0.2, 0) is 14.4 Å². The van der Waals surface area contributed by atoms with E-state index < -0.39 is 23.6 Å². The van der Waals surface area contributed by atoms with Gasteiger partial charge in [-0.2, -0.15) is 0 Å². The van der Waals surface area contributed by atoms with Gasteiger partial charge in [-0.1, -0.05) is 57.2 Å². The highest BCUT2D eigenvalue weighted by Crippen LogP contribution is 2.32. The Labute approximate surface area is 319 Å². The van der Waals surface area contributed by atoms with Crippen molar-refractivity contribution in [3.8, 4) is 27.4 Å². The van der Waals surface area contributed by atoms with Crippen LogP contribution in [0.3, 0.4) is 0 Å². The Kier molecular flexibility index (Phi) is 11.5. The number of phenolic OH excluding ortho intramolecular Hbond substituents is 1. The van der Waals surface area contributed by atoms with Crippen LogP contribution in [0, 0.1) is 12.3 Å². The number of hydrogen-bond acceptors (Lipinski definition) is 12. The molecule has 2 aromatic heterocycles. The second kappa shape index (κ2) is 16.1. The summed E-state index contributed by atoms with van der Waals surface area (Å²) in [4.78, 5) is 52.0. The van der Waals surface area contributed by atoms with E-state index in [-0.39, 0.29) is 54.8 Å². The molecule has 14 nitrogen and oxygen atoms in total. The van der Waals surface area contributed by atoms with Gasteiger partial charge in [-0.05, 0) is 48.6 Å². The smallest absolute Gasteiger partial charge is 0.243 e. The van der Waals surface area contributed by atoms with Crippen LogP contribution in [0.25, 0.3) is 21.7 Å². The third-order valence-electron chi connectivity index (χ3n) is 10.2. The van der Waals surface area contributed by atoms with Crippen LogP contribution >= 0.6 is 11.3 Å². The van der Waals surface area contributed by atoms with E-state index in [1.165, 1.54) is 4.90 Å². The number of nitrogens with zero attached hydrogens (tertiary/aromatic N) is 6. The molecule has 0 aliphatic carbocycles. The van der Waals surface area contributed by atoms with Gasteiger partial charge in [-0.25, -0.2) is 4.98 Å². The van der Waals surface area contributed by atoms with Crippen molar-refractivity contribution in [1.29, 1.82) is 0 Å².